The van der Waals surface area contributed by atoms with Gasteiger partial charge in [0.25, 0.3) is 0 Å². The number of aromatic nitrogens is 1. The molecule has 2 heterocycles. The first-order valence-electron chi connectivity index (χ1n) is 9.42. The van der Waals surface area contributed by atoms with Crippen LogP contribution in [-0.2, 0) is 27.1 Å². The summed E-state index contributed by atoms with van der Waals surface area (Å²) in [7, 11) is -4.57. The van der Waals surface area contributed by atoms with Gasteiger partial charge < -0.3 is 5.32 Å². The second-order valence-corrected chi connectivity index (χ2v) is 10.4. The third-order valence-corrected chi connectivity index (χ3v) is 7.66. The van der Waals surface area contributed by atoms with E-state index in [1.807, 2.05) is 17.5 Å². The Labute approximate surface area is 198 Å². The molecule has 1 aliphatic carbocycles. The first kappa shape index (κ1) is 22.8. The normalized spacial score (nSPS) is 20.4. The molecule has 1 aromatic carbocycles. The summed E-state index contributed by atoms with van der Waals surface area (Å²) in [6.45, 7) is 0. The van der Waals surface area contributed by atoms with Gasteiger partial charge in [0.15, 0.2) is 0 Å². The molecule has 2 aromatic heterocycles. The molecule has 0 aliphatic heterocycles. The van der Waals surface area contributed by atoms with E-state index in [1.165, 1.54) is 22.7 Å². The third-order valence-electron chi connectivity index (χ3n) is 4.86. The molecule has 3 aromatic rings. The molecular formula is C21H18ClN3O4S3. The van der Waals surface area contributed by atoms with Crippen LogP contribution in [0.3, 0.4) is 0 Å². The molecular weight excluding hydrogens is 490 g/mol. The molecule has 0 fully saturated rings. The number of carbonyl (C=O) groups is 1. The lowest BCUT2D eigenvalue weighted by atomic mass is 9.83. The van der Waals surface area contributed by atoms with Gasteiger partial charge in [-0.2, -0.15) is 13.1 Å². The van der Waals surface area contributed by atoms with Crippen molar-refractivity contribution in [3.63, 3.8) is 0 Å². The van der Waals surface area contributed by atoms with Crippen molar-refractivity contribution in [3.05, 3.63) is 87.7 Å². The van der Waals surface area contributed by atoms with Gasteiger partial charge in [0.2, 0.25) is 5.91 Å². The van der Waals surface area contributed by atoms with E-state index in [0.717, 1.165) is 9.88 Å². The van der Waals surface area contributed by atoms with Gasteiger partial charge in [-0.15, -0.1) is 22.7 Å². The molecule has 32 heavy (non-hydrogen) atoms. The predicted octanol–water partition coefficient (Wildman–Crippen LogP) is 3.97. The quantitative estimate of drug-likeness (QED) is 0.419. The molecule has 7 nitrogen and oxygen atoms in total. The van der Waals surface area contributed by atoms with Crippen molar-refractivity contribution in [2.75, 3.05) is 0 Å². The number of benzene rings is 1. The number of carbonyl (C=O) groups excluding carboxylic acids is 1. The molecule has 1 unspecified atom stereocenters. The number of thiazole rings is 1. The molecule has 3 N–H and O–H groups in total. The minimum absolute atomic E-state index is 0.0144. The number of hydrogen-bond donors (Lipinski definition) is 3. The van der Waals surface area contributed by atoms with Gasteiger partial charge in [-0.05, 0) is 23.1 Å². The SMILES string of the molecule is O=C(Cc1ccccc1Cl)NC1(c2csc(-c3cccs3)n2)C=CC=C[C@@H]1NS(=O)(=O)O. The zero-order chi connectivity index (χ0) is 22.8. The number of amides is 1. The summed E-state index contributed by atoms with van der Waals surface area (Å²) < 4.78 is 35.0. The van der Waals surface area contributed by atoms with Gasteiger partial charge in [0, 0.05) is 10.4 Å². The Kier molecular flexibility index (Phi) is 6.61. The molecule has 0 radical (unpaired) electrons. The molecule has 11 heteroatoms. The van der Waals surface area contributed by atoms with Crippen molar-refractivity contribution in [2.45, 2.75) is 18.0 Å². The molecule has 1 amide bonds. The number of nitrogens with one attached hydrogen (secondary N) is 2. The van der Waals surface area contributed by atoms with Crippen molar-refractivity contribution in [1.29, 1.82) is 0 Å². The van der Waals surface area contributed by atoms with Gasteiger partial charge in [0.05, 0.1) is 23.0 Å². The predicted molar refractivity (Wildman–Crippen MR) is 127 cm³/mol. The van der Waals surface area contributed by atoms with Crippen molar-refractivity contribution < 1.29 is 17.8 Å². The zero-order valence-corrected chi connectivity index (χ0v) is 19.6. The van der Waals surface area contributed by atoms with E-state index < -0.39 is 21.9 Å². The molecule has 0 bridgehead atoms. The molecule has 166 valence electrons. The van der Waals surface area contributed by atoms with Crippen LogP contribution in [0.2, 0.25) is 5.02 Å². The maximum absolute atomic E-state index is 13.1. The van der Waals surface area contributed by atoms with E-state index in [2.05, 4.69) is 10.0 Å². The Morgan fingerprint density at radius 2 is 2.00 bits per heavy atom. The standard InChI is InChI=1S/C21H18ClN3O4S3/c22-15-7-2-1-6-14(15)12-19(26)24-21(10-4-3-9-17(21)25-32(27,28)29)18-13-31-20(23-18)16-8-5-11-30-16/h1-11,13,17,25H,12H2,(H,24,26)(H,27,28,29)/t17-,21?/m0/s1. The highest BCUT2D eigenvalue weighted by Gasteiger charge is 2.43. The lowest BCUT2D eigenvalue weighted by Gasteiger charge is -2.38. The monoisotopic (exact) mass is 507 g/mol. The Balaban J connectivity index is 1.72. The Bertz CT molecular complexity index is 1290. The van der Waals surface area contributed by atoms with Gasteiger partial charge in [-0.25, -0.2) is 4.98 Å². The Morgan fingerprint density at radius 3 is 2.72 bits per heavy atom. The Morgan fingerprint density at radius 1 is 1.19 bits per heavy atom. The van der Waals surface area contributed by atoms with Crippen LogP contribution in [0, 0.1) is 0 Å². The van der Waals surface area contributed by atoms with Crippen LogP contribution in [-0.4, -0.2) is 29.9 Å². The van der Waals surface area contributed by atoms with E-state index in [0.29, 0.717) is 16.3 Å². The van der Waals surface area contributed by atoms with Gasteiger partial charge in [-0.1, -0.05) is 60.2 Å². The van der Waals surface area contributed by atoms with Crippen LogP contribution in [0.4, 0.5) is 0 Å². The number of allylic oxidation sites excluding steroid dienone is 2. The van der Waals surface area contributed by atoms with Crippen LogP contribution in [0.5, 0.6) is 0 Å². The summed E-state index contributed by atoms with van der Waals surface area (Å²) in [4.78, 5) is 18.7. The second kappa shape index (κ2) is 9.26. The van der Waals surface area contributed by atoms with Crippen LogP contribution in [0.15, 0.2) is 71.5 Å². The summed E-state index contributed by atoms with van der Waals surface area (Å²) in [5, 5.41) is 7.83. The van der Waals surface area contributed by atoms with Crippen molar-refractivity contribution in [2.24, 2.45) is 0 Å². The maximum Gasteiger partial charge on any atom is 0.334 e. The molecule has 0 spiro atoms. The van der Waals surface area contributed by atoms with E-state index in [4.69, 9.17) is 16.6 Å². The van der Waals surface area contributed by atoms with Crippen molar-refractivity contribution >= 4 is 50.5 Å². The summed E-state index contributed by atoms with van der Waals surface area (Å²) in [6, 6.07) is 9.83. The summed E-state index contributed by atoms with van der Waals surface area (Å²) >= 11 is 9.11. The van der Waals surface area contributed by atoms with Crippen LogP contribution < -0.4 is 10.0 Å². The summed E-state index contributed by atoms with van der Waals surface area (Å²) in [5.41, 5.74) is -0.274. The minimum atomic E-state index is -4.57. The number of thiophene rings is 1. The number of rotatable bonds is 7. The maximum atomic E-state index is 13.1. The van der Waals surface area contributed by atoms with Gasteiger partial charge in [0.1, 0.15) is 10.5 Å². The molecule has 4 rings (SSSR count). The van der Waals surface area contributed by atoms with Gasteiger partial charge >= 0.3 is 10.3 Å². The highest BCUT2D eigenvalue weighted by Crippen LogP contribution is 2.36. The average Bonchev–Trinajstić information content (AvgIpc) is 3.42. The number of nitrogens with zero attached hydrogens (tertiary/aromatic N) is 1. The first-order chi connectivity index (χ1) is 15.3. The number of hydrogen-bond acceptors (Lipinski definition) is 6. The molecule has 2 atom stereocenters. The number of halogens is 1. The fraction of sp³-hybridized carbons (Fsp3) is 0.143. The zero-order valence-electron chi connectivity index (χ0n) is 16.4. The van der Waals surface area contributed by atoms with E-state index in [9.17, 15) is 17.8 Å². The first-order valence-corrected chi connectivity index (χ1v) is 13.0. The summed E-state index contributed by atoms with van der Waals surface area (Å²) in [5.74, 6) is -0.383. The molecule has 0 saturated heterocycles. The second-order valence-electron chi connectivity index (χ2n) is 7.02. The topological polar surface area (TPSA) is 108 Å². The van der Waals surface area contributed by atoms with Gasteiger partial charge in [-0.3, -0.25) is 9.35 Å². The lowest BCUT2D eigenvalue weighted by molar-refractivity contribution is -0.122. The molecule has 0 saturated carbocycles. The Hall–Kier alpha value is -2.34. The smallest absolute Gasteiger partial charge is 0.334 e. The highest BCUT2D eigenvalue weighted by molar-refractivity contribution is 7.83. The van der Waals surface area contributed by atoms with E-state index >= 15 is 0 Å². The third kappa shape index (κ3) is 5.01. The van der Waals surface area contributed by atoms with Crippen LogP contribution in [0.1, 0.15) is 11.3 Å². The minimum Gasteiger partial charge on any atom is -0.339 e. The fourth-order valence-corrected chi connectivity index (χ4v) is 5.92. The molecule has 1 aliphatic rings. The largest absolute Gasteiger partial charge is 0.339 e. The average molecular weight is 508 g/mol. The van der Waals surface area contributed by atoms with Crippen LogP contribution in [0.25, 0.3) is 9.88 Å². The van der Waals surface area contributed by atoms with E-state index in [1.54, 1.807) is 53.9 Å². The van der Waals surface area contributed by atoms with E-state index in [-0.39, 0.29) is 12.3 Å². The van der Waals surface area contributed by atoms with Crippen molar-refractivity contribution in [1.82, 2.24) is 15.0 Å². The fourth-order valence-electron chi connectivity index (χ4n) is 3.43. The van der Waals surface area contributed by atoms with Crippen LogP contribution >= 0.6 is 34.3 Å². The van der Waals surface area contributed by atoms with Crippen molar-refractivity contribution in [3.8, 4) is 9.88 Å². The lowest BCUT2D eigenvalue weighted by Crippen LogP contribution is -2.59. The highest BCUT2D eigenvalue weighted by atomic mass is 35.5. The summed E-state index contributed by atoms with van der Waals surface area (Å²) in [6.07, 6.45) is 6.52.